The van der Waals surface area contributed by atoms with Crippen LogP contribution in [0.15, 0.2) is 48.5 Å². The van der Waals surface area contributed by atoms with Crippen LogP contribution in [0, 0.1) is 0 Å². The summed E-state index contributed by atoms with van der Waals surface area (Å²) in [6.45, 7) is 0.247. The zero-order valence-corrected chi connectivity index (χ0v) is 19.4. The van der Waals surface area contributed by atoms with Crippen LogP contribution in [0.2, 0.25) is 15.1 Å². The fraction of sp³-hybridized carbons (Fsp3) is 0.125. The molecule has 0 fully saturated rings. The second kappa shape index (κ2) is 9.83. The second-order valence-electron chi connectivity index (χ2n) is 7.22. The number of hydrogen-bond donors (Lipinski definition) is 2. The average molecular weight is 507 g/mol. The molecule has 33 heavy (non-hydrogen) atoms. The number of carbonyl (C=O) groups is 1. The fourth-order valence-corrected chi connectivity index (χ4v) is 4.05. The molecule has 1 aliphatic heterocycles. The first kappa shape index (κ1) is 23.1. The Hall–Kier alpha value is -3.06. The maximum Gasteiger partial charge on any atom is 0.328 e. The van der Waals surface area contributed by atoms with Gasteiger partial charge in [-0.05, 0) is 59.5 Å². The molecule has 0 bridgehead atoms. The van der Waals surface area contributed by atoms with E-state index in [1.807, 2.05) is 12.1 Å². The number of anilines is 1. The van der Waals surface area contributed by atoms with Crippen LogP contribution in [0.3, 0.4) is 0 Å². The van der Waals surface area contributed by atoms with Crippen LogP contribution in [0.5, 0.6) is 17.2 Å². The van der Waals surface area contributed by atoms with E-state index < -0.39 is 5.97 Å². The van der Waals surface area contributed by atoms with Gasteiger partial charge >= 0.3 is 5.97 Å². The summed E-state index contributed by atoms with van der Waals surface area (Å²) in [6, 6.07) is 12.1. The van der Waals surface area contributed by atoms with Crippen molar-refractivity contribution in [2.24, 2.45) is 0 Å². The molecule has 0 aliphatic carbocycles. The smallest absolute Gasteiger partial charge is 0.328 e. The topological polar surface area (TPSA) is 91.0 Å². The van der Waals surface area contributed by atoms with Crippen molar-refractivity contribution < 1.29 is 24.1 Å². The maximum absolute atomic E-state index is 11.0. The Morgan fingerprint density at radius 3 is 2.55 bits per heavy atom. The number of halogens is 3. The van der Waals surface area contributed by atoms with E-state index in [1.165, 1.54) is 6.08 Å². The molecule has 9 heteroatoms. The first-order chi connectivity index (χ1) is 15.8. The Morgan fingerprint density at radius 2 is 1.79 bits per heavy atom. The Labute approximate surface area is 205 Å². The lowest BCUT2D eigenvalue weighted by atomic mass is 9.98. The largest absolute Gasteiger partial charge is 0.489 e. The molecule has 3 aromatic rings. The summed E-state index contributed by atoms with van der Waals surface area (Å²) >= 11 is 19.0. The number of benzene rings is 3. The summed E-state index contributed by atoms with van der Waals surface area (Å²) in [5.41, 5.74) is 9.16. The van der Waals surface area contributed by atoms with Gasteiger partial charge in [-0.3, -0.25) is 0 Å². The summed E-state index contributed by atoms with van der Waals surface area (Å²) in [7, 11) is 0. The quantitative estimate of drug-likeness (QED) is 0.292. The zero-order valence-electron chi connectivity index (χ0n) is 17.1. The molecule has 0 spiro atoms. The van der Waals surface area contributed by atoms with Gasteiger partial charge < -0.3 is 25.1 Å². The SMILES string of the molecule is Nc1ccc(Cl)c(COc2ccc(/C=C/C(=O)O)c(Cc3cc4c(cc3Cl)OCO4)c2)c1Cl. The molecule has 3 aromatic carbocycles. The van der Waals surface area contributed by atoms with Crippen molar-refractivity contribution >= 4 is 52.5 Å². The van der Waals surface area contributed by atoms with Crippen molar-refractivity contribution in [2.75, 3.05) is 12.5 Å². The minimum Gasteiger partial charge on any atom is -0.489 e. The Morgan fingerprint density at radius 1 is 1.03 bits per heavy atom. The highest BCUT2D eigenvalue weighted by Crippen LogP contribution is 2.38. The number of carboxylic acids is 1. The first-order valence-corrected chi connectivity index (χ1v) is 10.9. The molecule has 0 saturated heterocycles. The van der Waals surface area contributed by atoms with Crippen LogP contribution in [-0.2, 0) is 17.8 Å². The monoisotopic (exact) mass is 505 g/mol. The lowest BCUT2D eigenvalue weighted by Crippen LogP contribution is -2.01. The van der Waals surface area contributed by atoms with Crippen LogP contribution < -0.4 is 19.9 Å². The van der Waals surface area contributed by atoms with Gasteiger partial charge in [0.05, 0.1) is 10.7 Å². The van der Waals surface area contributed by atoms with Crippen molar-refractivity contribution in [3.05, 3.63) is 85.9 Å². The molecule has 170 valence electrons. The summed E-state index contributed by atoms with van der Waals surface area (Å²) in [5.74, 6) is 0.690. The minimum atomic E-state index is -1.05. The fourth-order valence-electron chi connectivity index (χ4n) is 3.35. The number of carboxylic acid groups (broad SMARTS) is 1. The molecular weight excluding hydrogens is 489 g/mol. The highest BCUT2D eigenvalue weighted by Gasteiger charge is 2.18. The average Bonchev–Trinajstić information content (AvgIpc) is 3.23. The molecule has 6 nitrogen and oxygen atoms in total. The highest BCUT2D eigenvalue weighted by atomic mass is 35.5. The van der Waals surface area contributed by atoms with Crippen LogP contribution >= 0.6 is 34.8 Å². The molecule has 0 unspecified atom stereocenters. The molecule has 1 aliphatic rings. The van der Waals surface area contributed by atoms with Crippen LogP contribution in [0.1, 0.15) is 22.3 Å². The lowest BCUT2D eigenvalue weighted by molar-refractivity contribution is -0.131. The van der Waals surface area contributed by atoms with Crippen molar-refractivity contribution in [1.82, 2.24) is 0 Å². The molecule has 0 radical (unpaired) electrons. The Balaban J connectivity index is 1.64. The van der Waals surface area contributed by atoms with Gasteiger partial charge in [0.15, 0.2) is 11.5 Å². The number of nitrogens with two attached hydrogens (primary N) is 1. The van der Waals surface area contributed by atoms with Gasteiger partial charge in [-0.2, -0.15) is 0 Å². The van der Waals surface area contributed by atoms with Gasteiger partial charge in [-0.1, -0.05) is 40.9 Å². The lowest BCUT2D eigenvalue weighted by Gasteiger charge is -2.14. The third kappa shape index (κ3) is 5.30. The van der Waals surface area contributed by atoms with Gasteiger partial charge in [0.25, 0.3) is 0 Å². The molecule has 0 atom stereocenters. The van der Waals surface area contributed by atoms with E-state index in [0.29, 0.717) is 55.6 Å². The molecule has 0 amide bonds. The third-order valence-corrected chi connectivity index (χ3v) is 6.19. The highest BCUT2D eigenvalue weighted by molar-refractivity contribution is 6.37. The summed E-state index contributed by atoms with van der Waals surface area (Å²) in [5, 5.41) is 10.3. The molecule has 0 aromatic heterocycles. The maximum atomic E-state index is 11.0. The number of ether oxygens (including phenoxy) is 3. The number of fused-ring (bicyclic) bond motifs is 1. The Bertz CT molecular complexity index is 1260. The molecule has 3 N–H and O–H groups in total. The van der Waals surface area contributed by atoms with Crippen LogP contribution in [0.25, 0.3) is 6.08 Å². The number of nitrogen functional groups attached to an aromatic ring is 1. The minimum absolute atomic E-state index is 0.108. The van der Waals surface area contributed by atoms with Crippen molar-refractivity contribution in [2.45, 2.75) is 13.0 Å². The van der Waals surface area contributed by atoms with Crippen molar-refractivity contribution in [3.8, 4) is 17.2 Å². The molecule has 4 rings (SSSR count). The van der Waals surface area contributed by atoms with Gasteiger partial charge in [-0.15, -0.1) is 0 Å². The summed E-state index contributed by atoms with van der Waals surface area (Å²) in [6.07, 6.45) is 3.01. The number of hydrogen-bond acceptors (Lipinski definition) is 5. The summed E-state index contributed by atoms with van der Waals surface area (Å²) in [4.78, 5) is 11.0. The number of rotatable bonds is 7. The van der Waals surface area contributed by atoms with Gasteiger partial charge in [0.2, 0.25) is 6.79 Å². The van der Waals surface area contributed by atoms with E-state index in [4.69, 9.17) is 59.9 Å². The number of aliphatic carboxylic acids is 1. The first-order valence-electron chi connectivity index (χ1n) is 9.79. The molecule has 0 saturated carbocycles. The van der Waals surface area contributed by atoms with E-state index in [9.17, 15) is 4.79 Å². The van der Waals surface area contributed by atoms with Gasteiger partial charge in [0.1, 0.15) is 12.4 Å². The van der Waals surface area contributed by atoms with Crippen molar-refractivity contribution in [3.63, 3.8) is 0 Å². The van der Waals surface area contributed by atoms with Crippen LogP contribution in [0.4, 0.5) is 5.69 Å². The van der Waals surface area contributed by atoms with Gasteiger partial charge in [0, 0.05) is 27.8 Å². The standard InChI is InChI=1S/C24H18Cl3NO5/c25-18-4-5-20(28)24(27)17(18)11-31-16-3-1-13(2-6-23(29)30)14(8-16)7-15-9-21-22(10-19(15)26)33-12-32-21/h1-6,8-10H,7,11-12,28H2,(H,29,30)/b6-2+. The third-order valence-electron chi connectivity index (χ3n) is 5.04. The molecule has 1 heterocycles. The van der Waals surface area contributed by atoms with Gasteiger partial charge in [-0.25, -0.2) is 4.79 Å². The normalized spacial score (nSPS) is 12.3. The van der Waals surface area contributed by atoms with E-state index in [0.717, 1.165) is 17.2 Å². The predicted molar refractivity (Wildman–Crippen MR) is 129 cm³/mol. The second-order valence-corrected chi connectivity index (χ2v) is 8.42. The predicted octanol–water partition coefficient (Wildman–Crippen LogP) is 6.23. The van der Waals surface area contributed by atoms with E-state index >= 15 is 0 Å². The molecular formula is C24H18Cl3NO5. The Kier molecular flexibility index (Phi) is 6.88. The summed E-state index contributed by atoms with van der Waals surface area (Å²) < 4.78 is 16.7. The van der Waals surface area contributed by atoms with E-state index in [-0.39, 0.29) is 13.4 Å². The van der Waals surface area contributed by atoms with Crippen molar-refractivity contribution in [1.29, 1.82) is 0 Å². The van der Waals surface area contributed by atoms with Crippen LogP contribution in [-0.4, -0.2) is 17.9 Å². The zero-order chi connectivity index (χ0) is 23.5. The van der Waals surface area contributed by atoms with E-state index in [1.54, 1.807) is 30.3 Å². The van der Waals surface area contributed by atoms with E-state index in [2.05, 4.69) is 0 Å².